The molecule has 9 nitrogen and oxygen atoms in total. The summed E-state index contributed by atoms with van der Waals surface area (Å²) in [6.07, 6.45) is 4.33. The summed E-state index contributed by atoms with van der Waals surface area (Å²) in [5.74, 6) is -3.01. The quantitative estimate of drug-likeness (QED) is 0.320. The Morgan fingerprint density at radius 1 is 1.14 bits per heavy atom. The average Bonchev–Trinajstić information content (AvgIpc) is 3.62. The van der Waals surface area contributed by atoms with Gasteiger partial charge in [0, 0.05) is 37.8 Å². The Bertz CT molecular complexity index is 1670. The minimum Gasteiger partial charge on any atom is -0.493 e. The van der Waals surface area contributed by atoms with Gasteiger partial charge in [-0.15, -0.1) is 0 Å². The number of likely N-dealkylation sites (tertiary alicyclic amines) is 1. The van der Waals surface area contributed by atoms with Crippen LogP contribution in [0.4, 0.5) is 8.78 Å². The van der Waals surface area contributed by atoms with E-state index in [1.54, 1.807) is 16.9 Å². The van der Waals surface area contributed by atoms with Gasteiger partial charge in [-0.3, -0.25) is 23.8 Å². The zero-order valence-corrected chi connectivity index (χ0v) is 24.1. The number of benzene rings is 1. The van der Waals surface area contributed by atoms with Crippen molar-refractivity contribution in [3.05, 3.63) is 87.1 Å². The fourth-order valence-corrected chi connectivity index (χ4v) is 5.59. The van der Waals surface area contributed by atoms with E-state index in [0.717, 1.165) is 23.4 Å². The van der Waals surface area contributed by atoms with Crippen molar-refractivity contribution in [1.82, 2.24) is 29.2 Å². The number of rotatable bonds is 8. The molecule has 11 heteroatoms. The molecule has 1 saturated heterocycles. The molecule has 0 bridgehead atoms. The highest BCUT2D eigenvalue weighted by Crippen LogP contribution is 2.31. The number of hydrogen-bond acceptors (Lipinski definition) is 6. The first kappa shape index (κ1) is 29.1. The molecule has 1 N–H and O–H groups in total. The Hall–Kier alpha value is -4.41. The largest absolute Gasteiger partial charge is 0.493 e. The van der Waals surface area contributed by atoms with Crippen LogP contribution in [-0.4, -0.2) is 53.3 Å². The SMILES string of the molecule is CCc1cccc(CC)c1-n1c(-c2ccn(CC(C)C)n2)nc(O)c(C(=O)N2CCC(c3ncc(F)cc3F)C2)c1=O. The second-order valence-corrected chi connectivity index (χ2v) is 11.0. The van der Waals surface area contributed by atoms with Gasteiger partial charge < -0.3 is 10.0 Å². The van der Waals surface area contributed by atoms with Gasteiger partial charge in [-0.25, -0.2) is 8.78 Å². The highest BCUT2D eigenvalue weighted by atomic mass is 19.1. The van der Waals surface area contributed by atoms with Crippen molar-refractivity contribution in [3.63, 3.8) is 0 Å². The summed E-state index contributed by atoms with van der Waals surface area (Å²) in [4.78, 5) is 37.8. The van der Waals surface area contributed by atoms with Crippen LogP contribution in [0, 0.1) is 17.6 Å². The molecule has 1 aliphatic heterocycles. The second kappa shape index (κ2) is 11.8. The summed E-state index contributed by atoms with van der Waals surface area (Å²) in [7, 11) is 0. The molecule has 1 unspecified atom stereocenters. The molecule has 220 valence electrons. The Balaban J connectivity index is 1.63. The normalized spacial score (nSPS) is 15.1. The smallest absolute Gasteiger partial charge is 0.275 e. The summed E-state index contributed by atoms with van der Waals surface area (Å²) in [5, 5.41) is 15.7. The molecule has 1 amide bonds. The van der Waals surface area contributed by atoms with Crippen molar-refractivity contribution in [3.8, 4) is 23.1 Å². The molecular formula is C31H34F2N6O3. The van der Waals surface area contributed by atoms with E-state index >= 15 is 0 Å². The van der Waals surface area contributed by atoms with Crippen molar-refractivity contribution < 1.29 is 18.7 Å². The summed E-state index contributed by atoms with van der Waals surface area (Å²) < 4.78 is 31.0. The minimum absolute atomic E-state index is 0.0559. The number of aromatic hydroxyl groups is 1. The number of halogens is 2. The van der Waals surface area contributed by atoms with Crippen molar-refractivity contribution >= 4 is 5.91 Å². The number of aromatic nitrogens is 5. The fraction of sp³-hybridized carbons (Fsp3) is 0.387. The molecule has 1 aliphatic rings. The molecule has 0 aliphatic carbocycles. The molecule has 0 radical (unpaired) electrons. The van der Waals surface area contributed by atoms with Gasteiger partial charge in [-0.05, 0) is 42.4 Å². The summed E-state index contributed by atoms with van der Waals surface area (Å²) >= 11 is 0. The molecule has 1 fully saturated rings. The Morgan fingerprint density at radius 3 is 2.50 bits per heavy atom. The summed E-state index contributed by atoms with van der Waals surface area (Å²) in [6.45, 7) is 9.00. The molecule has 0 spiro atoms. The van der Waals surface area contributed by atoms with Crippen molar-refractivity contribution in [1.29, 1.82) is 0 Å². The number of nitrogens with zero attached hydrogens (tertiary/aromatic N) is 6. The monoisotopic (exact) mass is 576 g/mol. The lowest BCUT2D eigenvalue weighted by atomic mass is 10.0. The van der Waals surface area contributed by atoms with Gasteiger partial charge in [0.2, 0.25) is 5.88 Å². The topological polar surface area (TPSA) is 106 Å². The van der Waals surface area contributed by atoms with Crippen LogP contribution in [0.3, 0.4) is 0 Å². The maximum Gasteiger partial charge on any atom is 0.275 e. The van der Waals surface area contributed by atoms with Crippen molar-refractivity contribution in [2.45, 2.75) is 59.4 Å². The maximum absolute atomic E-state index is 14.4. The maximum atomic E-state index is 14.4. The number of hydrogen-bond donors (Lipinski definition) is 1. The second-order valence-electron chi connectivity index (χ2n) is 11.0. The van der Waals surface area contributed by atoms with Crippen LogP contribution in [0.2, 0.25) is 0 Å². The Labute approximate surface area is 242 Å². The average molecular weight is 577 g/mol. The third kappa shape index (κ3) is 5.43. The number of carbonyl (C=O) groups excluding carboxylic acids is 1. The van der Waals surface area contributed by atoms with Crippen LogP contribution in [0.15, 0.2) is 47.5 Å². The van der Waals surface area contributed by atoms with E-state index in [-0.39, 0.29) is 24.6 Å². The highest BCUT2D eigenvalue weighted by Gasteiger charge is 2.35. The van der Waals surface area contributed by atoms with Crippen molar-refractivity contribution in [2.75, 3.05) is 13.1 Å². The Kier molecular flexibility index (Phi) is 8.20. The van der Waals surface area contributed by atoms with E-state index in [4.69, 9.17) is 0 Å². The lowest BCUT2D eigenvalue weighted by molar-refractivity contribution is 0.0784. The number of pyridine rings is 1. The first-order valence-electron chi connectivity index (χ1n) is 14.2. The van der Waals surface area contributed by atoms with E-state index in [2.05, 4.69) is 28.9 Å². The van der Waals surface area contributed by atoms with Gasteiger partial charge in [0.1, 0.15) is 17.3 Å². The van der Waals surface area contributed by atoms with Crippen LogP contribution in [0.1, 0.15) is 67.2 Å². The number of para-hydroxylation sites is 1. The summed E-state index contributed by atoms with van der Waals surface area (Å²) in [5.41, 5.74) is 1.62. The van der Waals surface area contributed by atoms with Crippen molar-refractivity contribution in [2.24, 2.45) is 5.92 Å². The number of aryl methyl sites for hydroxylation is 2. The third-order valence-corrected chi connectivity index (χ3v) is 7.59. The van der Waals surface area contributed by atoms with Crippen LogP contribution in [-0.2, 0) is 19.4 Å². The zero-order chi connectivity index (χ0) is 30.1. The van der Waals surface area contributed by atoms with E-state index < -0.39 is 40.5 Å². The first-order valence-corrected chi connectivity index (χ1v) is 14.2. The molecule has 4 aromatic rings. The van der Waals surface area contributed by atoms with Gasteiger partial charge in [-0.1, -0.05) is 45.9 Å². The summed E-state index contributed by atoms with van der Waals surface area (Å²) in [6, 6.07) is 8.27. The van der Waals surface area contributed by atoms with E-state index in [1.807, 2.05) is 32.0 Å². The van der Waals surface area contributed by atoms with Gasteiger partial charge in [0.15, 0.2) is 11.4 Å². The van der Waals surface area contributed by atoms with Crippen LogP contribution < -0.4 is 5.56 Å². The van der Waals surface area contributed by atoms with E-state index in [1.165, 1.54) is 9.47 Å². The van der Waals surface area contributed by atoms with Gasteiger partial charge in [0.05, 0.1) is 17.6 Å². The molecule has 1 aromatic carbocycles. The number of amides is 1. The molecule has 1 atom stereocenters. The standard InChI is InChI=1S/C31H34F2N6O3/c1-5-19-8-7-9-20(6-2)27(19)39-28(24-11-13-38(36-24)16-18(3)4)35-29(40)25(31(39)42)30(41)37-12-10-21(17-37)26-23(33)14-22(32)15-34-26/h7-9,11,13-15,18,21,40H,5-6,10,12,16-17H2,1-4H3. The Morgan fingerprint density at radius 2 is 1.86 bits per heavy atom. The first-order chi connectivity index (χ1) is 20.1. The molecule has 4 heterocycles. The predicted octanol–water partition coefficient (Wildman–Crippen LogP) is 4.89. The minimum atomic E-state index is -0.786. The van der Waals surface area contributed by atoms with Crippen LogP contribution in [0.25, 0.3) is 17.2 Å². The third-order valence-electron chi connectivity index (χ3n) is 7.59. The molecule has 5 rings (SSSR count). The molecule has 42 heavy (non-hydrogen) atoms. The lowest BCUT2D eigenvalue weighted by Crippen LogP contribution is -2.36. The number of carbonyl (C=O) groups is 1. The van der Waals surface area contributed by atoms with Crippen LogP contribution in [0.5, 0.6) is 5.88 Å². The molecule has 0 saturated carbocycles. The van der Waals surface area contributed by atoms with Gasteiger partial charge in [-0.2, -0.15) is 10.1 Å². The molecular weight excluding hydrogens is 542 g/mol. The molecule has 3 aromatic heterocycles. The van der Waals surface area contributed by atoms with E-state index in [9.17, 15) is 23.5 Å². The van der Waals surface area contributed by atoms with Gasteiger partial charge in [0.25, 0.3) is 11.5 Å². The van der Waals surface area contributed by atoms with Crippen LogP contribution >= 0.6 is 0 Å². The fourth-order valence-electron chi connectivity index (χ4n) is 5.59. The predicted molar refractivity (Wildman–Crippen MR) is 154 cm³/mol. The highest BCUT2D eigenvalue weighted by molar-refractivity contribution is 5.96. The van der Waals surface area contributed by atoms with Gasteiger partial charge >= 0.3 is 0 Å². The van der Waals surface area contributed by atoms with E-state index in [0.29, 0.717) is 43.1 Å². The lowest BCUT2D eigenvalue weighted by Gasteiger charge is -2.21. The zero-order valence-electron chi connectivity index (χ0n) is 24.1.